The van der Waals surface area contributed by atoms with Crippen molar-refractivity contribution in [3.05, 3.63) is 48.0 Å². The maximum Gasteiger partial charge on any atom is 0.248 e. The van der Waals surface area contributed by atoms with Crippen LogP contribution < -0.4 is 10.9 Å². The van der Waals surface area contributed by atoms with Crippen molar-refractivity contribution in [3.63, 3.8) is 0 Å². The highest BCUT2D eigenvalue weighted by Gasteiger charge is 2.26. The average molecular weight is 336 g/mol. The molecule has 2 amide bonds. The van der Waals surface area contributed by atoms with Crippen molar-refractivity contribution < 1.29 is 9.59 Å². The van der Waals surface area contributed by atoms with Crippen LogP contribution in [0.15, 0.2) is 52.7 Å². The van der Waals surface area contributed by atoms with Crippen molar-refractivity contribution in [2.75, 3.05) is 0 Å². The summed E-state index contributed by atoms with van der Waals surface area (Å²) in [4.78, 5) is 23.5. The van der Waals surface area contributed by atoms with Gasteiger partial charge in [0.25, 0.3) is 0 Å². The molecule has 1 unspecified atom stereocenters. The van der Waals surface area contributed by atoms with Gasteiger partial charge in [-0.2, -0.15) is 10.2 Å². The van der Waals surface area contributed by atoms with Crippen LogP contribution in [0.5, 0.6) is 0 Å². The van der Waals surface area contributed by atoms with E-state index in [0.717, 1.165) is 22.0 Å². The minimum atomic E-state index is -0.323. The maximum atomic E-state index is 12.0. The highest BCUT2D eigenvalue weighted by Crippen LogP contribution is 2.16. The third-order valence-corrected chi connectivity index (χ3v) is 4.34. The number of carbonyl (C=O) groups is 2. The van der Waals surface area contributed by atoms with E-state index >= 15 is 0 Å². The summed E-state index contributed by atoms with van der Waals surface area (Å²) < 4.78 is 0. The lowest BCUT2D eigenvalue weighted by molar-refractivity contribution is -0.123. The van der Waals surface area contributed by atoms with Gasteiger partial charge in [-0.05, 0) is 42.7 Å². The molecule has 0 saturated heterocycles. The van der Waals surface area contributed by atoms with E-state index in [0.29, 0.717) is 12.1 Å². The van der Waals surface area contributed by atoms with Gasteiger partial charge in [0.15, 0.2) is 0 Å². The van der Waals surface area contributed by atoms with E-state index in [4.69, 9.17) is 0 Å². The summed E-state index contributed by atoms with van der Waals surface area (Å²) in [7, 11) is 0. The zero-order valence-electron chi connectivity index (χ0n) is 14.2. The molecular weight excluding hydrogens is 316 g/mol. The molecule has 0 spiro atoms. The summed E-state index contributed by atoms with van der Waals surface area (Å²) >= 11 is 0. The highest BCUT2D eigenvalue weighted by molar-refractivity contribution is 6.07. The van der Waals surface area contributed by atoms with Crippen LogP contribution in [0.3, 0.4) is 0 Å². The van der Waals surface area contributed by atoms with E-state index in [1.54, 1.807) is 6.92 Å². The Hall–Kier alpha value is -3.02. The van der Waals surface area contributed by atoms with Gasteiger partial charge < -0.3 is 0 Å². The van der Waals surface area contributed by atoms with Crippen LogP contribution in [0.4, 0.5) is 0 Å². The van der Waals surface area contributed by atoms with Crippen LogP contribution in [0, 0.1) is 5.92 Å². The monoisotopic (exact) mass is 336 g/mol. The second-order valence-electron chi connectivity index (χ2n) is 6.11. The van der Waals surface area contributed by atoms with E-state index in [1.165, 1.54) is 0 Å². The molecule has 2 aromatic rings. The maximum absolute atomic E-state index is 12.0. The molecule has 1 aliphatic heterocycles. The Kier molecular flexibility index (Phi) is 4.88. The average Bonchev–Trinajstić information content (AvgIpc) is 2.95. The Bertz CT molecular complexity index is 886. The SMILES string of the molecule is CC1=NNC(=O)C1CCC(=O)N/N=C(\C)c1ccc2ccccc2c1. The van der Waals surface area contributed by atoms with E-state index < -0.39 is 0 Å². The summed E-state index contributed by atoms with van der Waals surface area (Å²) in [5.41, 5.74) is 7.38. The first-order chi connectivity index (χ1) is 12.0. The van der Waals surface area contributed by atoms with Gasteiger partial charge in [-0.3, -0.25) is 9.59 Å². The highest BCUT2D eigenvalue weighted by atomic mass is 16.2. The topological polar surface area (TPSA) is 82.9 Å². The summed E-state index contributed by atoms with van der Waals surface area (Å²) in [6.07, 6.45) is 0.650. The normalized spacial score (nSPS) is 17.4. The molecule has 6 heteroatoms. The third-order valence-electron chi connectivity index (χ3n) is 4.34. The molecule has 1 heterocycles. The Morgan fingerprint density at radius 1 is 1.24 bits per heavy atom. The number of benzene rings is 2. The van der Waals surface area contributed by atoms with Crippen LogP contribution in [0.1, 0.15) is 32.3 Å². The Labute approximate surface area is 146 Å². The molecule has 3 rings (SSSR count). The molecule has 2 aromatic carbocycles. The van der Waals surface area contributed by atoms with Crippen LogP contribution in [0.2, 0.25) is 0 Å². The summed E-state index contributed by atoms with van der Waals surface area (Å²) in [6, 6.07) is 14.1. The van der Waals surface area contributed by atoms with Crippen molar-refractivity contribution in [2.45, 2.75) is 26.7 Å². The van der Waals surface area contributed by atoms with Gasteiger partial charge in [-0.25, -0.2) is 10.9 Å². The summed E-state index contributed by atoms with van der Waals surface area (Å²) in [6.45, 7) is 3.63. The fourth-order valence-corrected chi connectivity index (χ4v) is 2.79. The molecule has 0 radical (unpaired) electrons. The zero-order chi connectivity index (χ0) is 17.8. The molecule has 0 aromatic heterocycles. The molecular formula is C19H20N4O2. The largest absolute Gasteiger partial charge is 0.273 e. The van der Waals surface area contributed by atoms with Gasteiger partial charge in [0.1, 0.15) is 0 Å². The molecule has 1 atom stereocenters. The first-order valence-corrected chi connectivity index (χ1v) is 8.21. The summed E-state index contributed by atoms with van der Waals surface area (Å²) in [5.74, 6) is -0.690. The molecule has 0 bridgehead atoms. The van der Waals surface area contributed by atoms with Crippen LogP contribution >= 0.6 is 0 Å². The smallest absolute Gasteiger partial charge is 0.248 e. The van der Waals surface area contributed by atoms with Gasteiger partial charge in [0.2, 0.25) is 11.8 Å². The molecule has 0 aliphatic carbocycles. The predicted octanol–water partition coefficient (Wildman–Crippen LogP) is 2.58. The lowest BCUT2D eigenvalue weighted by atomic mass is 9.99. The predicted molar refractivity (Wildman–Crippen MR) is 98.3 cm³/mol. The van der Waals surface area contributed by atoms with Crippen LogP contribution in [-0.4, -0.2) is 23.2 Å². The number of amides is 2. The standard InChI is InChI=1S/C19H20N4O2/c1-12(15-8-7-14-5-3-4-6-16(14)11-15)20-22-18(24)10-9-17-13(2)21-23-19(17)25/h3-8,11,17H,9-10H2,1-2H3,(H,22,24)(H,23,25)/b20-12+. The third kappa shape index (κ3) is 3.91. The minimum Gasteiger partial charge on any atom is -0.273 e. The van der Waals surface area contributed by atoms with Crippen molar-refractivity contribution in [1.29, 1.82) is 0 Å². The van der Waals surface area contributed by atoms with Gasteiger partial charge in [0, 0.05) is 12.1 Å². The number of hydrazone groups is 2. The number of carbonyl (C=O) groups excluding carboxylic acids is 2. The summed E-state index contributed by atoms with van der Waals surface area (Å²) in [5, 5.41) is 10.3. The first-order valence-electron chi connectivity index (χ1n) is 8.21. The fraction of sp³-hybridized carbons (Fsp3) is 0.263. The van der Waals surface area contributed by atoms with Gasteiger partial charge >= 0.3 is 0 Å². The van der Waals surface area contributed by atoms with Crippen molar-refractivity contribution in [1.82, 2.24) is 10.9 Å². The number of fused-ring (bicyclic) bond motifs is 1. The fourth-order valence-electron chi connectivity index (χ4n) is 2.79. The van der Waals surface area contributed by atoms with Crippen LogP contribution in [-0.2, 0) is 9.59 Å². The number of hydrogen-bond acceptors (Lipinski definition) is 4. The number of hydrogen-bond donors (Lipinski definition) is 2. The second-order valence-corrected chi connectivity index (χ2v) is 6.11. The molecule has 0 fully saturated rings. The van der Waals surface area contributed by atoms with Crippen molar-refractivity contribution in [3.8, 4) is 0 Å². The lowest BCUT2D eigenvalue weighted by Crippen LogP contribution is -2.25. The second kappa shape index (κ2) is 7.25. The molecule has 0 saturated carbocycles. The molecule has 6 nitrogen and oxygen atoms in total. The Balaban J connectivity index is 1.59. The number of nitrogens with one attached hydrogen (secondary N) is 2. The lowest BCUT2D eigenvalue weighted by Gasteiger charge is -2.07. The molecule has 2 N–H and O–H groups in total. The van der Waals surface area contributed by atoms with Crippen LogP contribution in [0.25, 0.3) is 10.8 Å². The quantitative estimate of drug-likeness (QED) is 0.650. The van der Waals surface area contributed by atoms with Crippen molar-refractivity contribution >= 4 is 34.0 Å². The Morgan fingerprint density at radius 3 is 2.72 bits per heavy atom. The van der Waals surface area contributed by atoms with Crippen molar-refractivity contribution in [2.24, 2.45) is 16.1 Å². The number of nitrogens with zero attached hydrogens (tertiary/aromatic N) is 2. The van der Waals surface area contributed by atoms with Gasteiger partial charge in [-0.1, -0.05) is 36.4 Å². The van der Waals surface area contributed by atoms with E-state index in [-0.39, 0.29) is 24.2 Å². The van der Waals surface area contributed by atoms with E-state index in [1.807, 2.05) is 43.3 Å². The molecule has 1 aliphatic rings. The van der Waals surface area contributed by atoms with E-state index in [2.05, 4.69) is 27.1 Å². The van der Waals surface area contributed by atoms with E-state index in [9.17, 15) is 9.59 Å². The molecule has 128 valence electrons. The number of rotatable bonds is 5. The zero-order valence-corrected chi connectivity index (χ0v) is 14.2. The minimum absolute atomic E-state index is 0.152. The van der Waals surface area contributed by atoms with Gasteiger partial charge in [-0.15, -0.1) is 0 Å². The Morgan fingerprint density at radius 2 is 2.00 bits per heavy atom. The molecule has 25 heavy (non-hydrogen) atoms. The van der Waals surface area contributed by atoms with Gasteiger partial charge in [0.05, 0.1) is 11.6 Å². The first kappa shape index (κ1) is 16.8.